The number of hydrogen-bond donors (Lipinski definition) is 1. The van der Waals surface area contributed by atoms with Crippen LogP contribution < -0.4 is 5.73 Å². The Balaban J connectivity index is 2.62. The van der Waals surface area contributed by atoms with Gasteiger partial charge >= 0.3 is 0 Å². The van der Waals surface area contributed by atoms with Crippen LogP contribution in [0, 0.1) is 6.92 Å². The van der Waals surface area contributed by atoms with Crippen LogP contribution in [0.3, 0.4) is 0 Å². The number of hydrogen-bond acceptors (Lipinski definition) is 3. The second-order valence-corrected chi connectivity index (χ2v) is 3.31. The fraction of sp³-hybridized carbons (Fsp3) is 0.200. The molecule has 2 aromatic heterocycles. The molecule has 0 aliphatic carbocycles. The third-order valence-electron chi connectivity index (χ3n) is 2.12. The molecule has 0 unspecified atom stereocenters. The molecule has 2 N–H and O–H groups in total. The molecular formula is C10H12N4. The first-order valence-corrected chi connectivity index (χ1v) is 4.38. The zero-order valence-electron chi connectivity index (χ0n) is 8.23. The first-order valence-electron chi connectivity index (χ1n) is 4.38. The molecular weight excluding hydrogens is 176 g/mol. The molecule has 0 bridgehead atoms. The van der Waals surface area contributed by atoms with E-state index in [1.165, 1.54) is 0 Å². The number of nitrogens with zero attached hydrogens (tertiary/aromatic N) is 3. The average molecular weight is 188 g/mol. The SMILES string of the molecule is Cc1cnc(N)c(-c2nccn2C)c1. The quantitative estimate of drug-likeness (QED) is 0.735. The summed E-state index contributed by atoms with van der Waals surface area (Å²) in [5, 5.41) is 0. The Morgan fingerprint density at radius 3 is 2.79 bits per heavy atom. The number of aromatic nitrogens is 3. The smallest absolute Gasteiger partial charge is 0.143 e. The van der Waals surface area contributed by atoms with Gasteiger partial charge in [0.15, 0.2) is 0 Å². The molecule has 0 atom stereocenters. The first kappa shape index (κ1) is 8.74. The second kappa shape index (κ2) is 3.14. The zero-order valence-corrected chi connectivity index (χ0v) is 8.23. The van der Waals surface area contributed by atoms with Crippen LogP contribution in [-0.4, -0.2) is 14.5 Å². The highest BCUT2D eigenvalue weighted by molar-refractivity contribution is 5.68. The molecule has 4 nitrogen and oxygen atoms in total. The van der Waals surface area contributed by atoms with Crippen molar-refractivity contribution in [1.82, 2.24) is 14.5 Å². The number of nitrogens with two attached hydrogens (primary N) is 1. The molecule has 0 aliphatic heterocycles. The van der Waals surface area contributed by atoms with Crippen LogP contribution in [0.15, 0.2) is 24.7 Å². The third kappa shape index (κ3) is 1.35. The van der Waals surface area contributed by atoms with Gasteiger partial charge in [0.1, 0.15) is 11.6 Å². The maximum atomic E-state index is 5.79. The highest BCUT2D eigenvalue weighted by Gasteiger charge is 2.07. The van der Waals surface area contributed by atoms with Crippen LogP contribution in [0.5, 0.6) is 0 Å². The topological polar surface area (TPSA) is 56.7 Å². The minimum Gasteiger partial charge on any atom is -0.383 e. The van der Waals surface area contributed by atoms with Crippen molar-refractivity contribution >= 4 is 5.82 Å². The highest BCUT2D eigenvalue weighted by Crippen LogP contribution is 2.22. The van der Waals surface area contributed by atoms with Crippen molar-refractivity contribution in [3.05, 3.63) is 30.2 Å². The minimum absolute atomic E-state index is 0.518. The molecule has 2 aromatic rings. The van der Waals surface area contributed by atoms with Crippen molar-refractivity contribution in [2.24, 2.45) is 7.05 Å². The standard InChI is InChI=1S/C10H12N4/c1-7-5-8(9(11)13-6-7)10-12-3-4-14(10)2/h3-6H,1-2H3,(H2,11,13). The molecule has 0 saturated carbocycles. The largest absolute Gasteiger partial charge is 0.383 e. The van der Waals surface area contributed by atoms with Gasteiger partial charge < -0.3 is 10.3 Å². The lowest BCUT2D eigenvalue weighted by Gasteiger charge is -2.05. The fourth-order valence-corrected chi connectivity index (χ4v) is 1.38. The molecule has 0 radical (unpaired) electrons. The summed E-state index contributed by atoms with van der Waals surface area (Å²) in [5.74, 6) is 1.36. The Labute approximate surface area is 82.4 Å². The predicted molar refractivity (Wildman–Crippen MR) is 55.6 cm³/mol. The third-order valence-corrected chi connectivity index (χ3v) is 2.12. The summed E-state index contributed by atoms with van der Waals surface area (Å²) in [4.78, 5) is 8.33. The summed E-state index contributed by atoms with van der Waals surface area (Å²) in [6, 6.07) is 1.99. The second-order valence-electron chi connectivity index (χ2n) is 3.31. The van der Waals surface area contributed by atoms with Crippen molar-refractivity contribution in [1.29, 1.82) is 0 Å². The van der Waals surface area contributed by atoms with Gasteiger partial charge in [-0.2, -0.15) is 0 Å². The van der Waals surface area contributed by atoms with E-state index in [0.717, 1.165) is 17.0 Å². The lowest BCUT2D eigenvalue weighted by molar-refractivity contribution is 0.924. The Bertz CT molecular complexity index is 459. The number of imidazole rings is 1. The van der Waals surface area contributed by atoms with E-state index in [4.69, 9.17) is 5.73 Å². The van der Waals surface area contributed by atoms with E-state index in [1.54, 1.807) is 12.4 Å². The van der Waals surface area contributed by atoms with Crippen molar-refractivity contribution in [3.8, 4) is 11.4 Å². The molecule has 0 spiro atoms. The fourth-order valence-electron chi connectivity index (χ4n) is 1.38. The lowest BCUT2D eigenvalue weighted by atomic mass is 10.2. The van der Waals surface area contributed by atoms with E-state index in [-0.39, 0.29) is 0 Å². The van der Waals surface area contributed by atoms with Crippen LogP contribution in [-0.2, 0) is 7.05 Å². The molecule has 72 valence electrons. The molecule has 2 heterocycles. The van der Waals surface area contributed by atoms with Crippen molar-refractivity contribution in [2.75, 3.05) is 5.73 Å². The molecule has 0 aliphatic rings. The van der Waals surface area contributed by atoms with Gasteiger partial charge in [-0.25, -0.2) is 9.97 Å². The maximum Gasteiger partial charge on any atom is 0.143 e. The molecule has 2 rings (SSSR count). The number of nitrogen functional groups attached to an aromatic ring is 1. The van der Waals surface area contributed by atoms with Crippen LogP contribution >= 0.6 is 0 Å². The van der Waals surface area contributed by atoms with Gasteiger partial charge in [-0.05, 0) is 18.6 Å². The van der Waals surface area contributed by atoms with Crippen LogP contribution in [0.25, 0.3) is 11.4 Å². The van der Waals surface area contributed by atoms with Crippen LogP contribution in [0.2, 0.25) is 0 Å². The van der Waals surface area contributed by atoms with Crippen molar-refractivity contribution in [3.63, 3.8) is 0 Å². The molecule has 14 heavy (non-hydrogen) atoms. The Hall–Kier alpha value is -1.84. The molecule has 0 saturated heterocycles. The van der Waals surface area contributed by atoms with E-state index in [2.05, 4.69) is 9.97 Å². The van der Waals surface area contributed by atoms with Gasteiger partial charge in [0.25, 0.3) is 0 Å². The summed E-state index contributed by atoms with van der Waals surface area (Å²) < 4.78 is 1.92. The Morgan fingerprint density at radius 2 is 2.14 bits per heavy atom. The summed E-state index contributed by atoms with van der Waals surface area (Å²) in [6.45, 7) is 1.98. The Morgan fingerprint density at radius 1 is 1.36 bits per heavy atom. The number of rotatable bonds is 1. The first-order chi connectivity index (χ1) is 6.68. The monoisotopic (exact) mass is 188 g/mol. The molecule has 0 fully saturated rings. The molecule has 4 heteroatoms. The minimum atomic E-state index is 0.518. The van der Waals surface area contributed by atoms with Gasteiger partial charge in [-0.3, -0.25) is 0 Å². The van der Waals surface area contributed by atoms with Crippen molar-refractivity contribution < 1.29 is 0 Å². The molecule has 0 aromatic carbocycles. The Kier molecular flexibility index (Phi) is 1.96. The van der Waals surface area contributed by atoms with E-state index in [1.807, 2.05) is 30.8 Å². The normalized spacial score (nSPS) is 10.4. The lowest BCUT2D eigenvalue weighted by Crippen LogP contribution is -1.99. The van der Waals surface area contributed by atoms with E-state index < -0.39 is 0 Å². The average Bonchev–Trinajstić information content (AvgIpc) is 2.56. The van der Waals surface area contributed by atoms with Gasteiger partial charge in [-0.15, -0.1) is 0 Å². The van der Waals surface area contributed by atoms with Crippen LogP contribution in [0.4, 0.5) is 5.82 Å². The number of aryl methyl sites for hydroxylation is 2. The van der Waals surface area contributed by atoms with Crippen molar-refractivity contribution in [2.45, 2.75) is 6.92 Å². The summed E-state index contributed by atoms with van der Waals surface area (Å²) in [5.41, 5.74) is 7.75. The van der Waals surface area contributed by atoms with E-state index >= 15 is 0 Å². The maximum absolute atomic E-state index is 5.79. The van der Waals surface area contributed by atoms with Gasteiger partial charge in [0.2, 0.25) is 0 Å². The number of anilines is 1. The van der Waals surface area contributed by atoms with Gasteiger partial charge in [0.05, 0.1) is 5.56 Å². The highest BCUT2D eigenvalue weighted by atomic mass is 15.0. The van der Waals surface area contributed by atoms with Gasteiger partial charge in [0, 0.05) is 25.6 Å². The van der Waals surface area contributed by atoms with Crippen LogP contribution in [0.1, 0.15) is 5.56 Å². The summed E-state index contributed by atoms with van der Waals surface area (Å²) in [7, 11) is 1.93. The van der Waals surface area contributed by atoms with E-state index in [9.17, 15) is 0 Å². The molecule has 0 amide bonds. The predicted octanol–water partition coefficient (Wildman–Crippen LogP) is 1.37. The van der Waals surface area contributed by atoms with Gasteiger partial charge in [-0.1, -0.05) is 0 Å². The number of pyridine rings is 1. The summed E-state index contributed by atoms with van der Waals surface area (Å²) in [6.07, 6.45) is 5.38. The van der Waals surface area contributed by atoms with E-state index in [0.29, 0.717) is 5.82 Å². The zero-order chi connectivity index (χ0) is 10.1. The summed E-state index contributed by atoms with van der Waals surface area (Å²) >= 11 is 0.